The predicted molar refractivity (Wildman–Crippen MR) is 107 cm³/mol. The van der Waals surface area contributed by atoms with Crippen LogP contribution >= 0.6 is 0 Å². The van der Waals surface area contributed by atoms with Crippen LogP contribution in [-0.2, 0) is 14.3 Å². The summed E-state index contributed by atoms with van der Waals surface area (Å²) in [5.41, 5.74) is -0.715. The van der Waals surface area contributed by atoms with Crippen LogP contribution in [-0.4, -0.2) is 71.6 Å². The maximum absolute atomic E-state index is 12.7. The van der Waals surface area contributed by atoms with Crippen LogP contribution in [0.5, 0.6) is 0 Å². The van der Waals surface area contributed by atoms with Gasteiger partial charge in [0.1, 0.15) is 18.2 Å². The Hall–Kier alpha value is -2.47. The van der Waals surface area contributed by atoms with Gasteiger partial charge < -0.3 is 30.1 Å². The van der Waals surface area contributed by atoms with E-state index in [0.717, 1.165) is 6.42 Å². The van der Waals surface area contributed by atoms with Gasteiger partial charge in [-0.2, -0.15) is 0 Å². The van der Waals surface area contributed by atoms with Crippen molar-refractivity contribution in [2.24, 2.45) is 5.92 Å². The van der Waals surface area contributed by atoms with Gasteiger partial charge in [-0.15, -0.1) is 6.42 Å². The van der Waals surface area contributed by atoms with Gasteiger partial charge in [0, 0.05) is 19.1 Å². The number of alkyl carbamates (subject to hydrolysis) is 1. The molecule has 3 amide bonds. The van der Waals surface area contributed by atoms with E-state index in [9.17, 15) is 19.5 Å². The molecule has 0 aromatic heterocycles. The Bertz CT molecular complexity index is 625. The molecular weight excluding hydrogens is 378 g/mol. The summed E-state index contributed by atoms with van der Waals surface area (Å²) < 4.78 is 10.6. The Balaban J connectivity index is 2.69. The second kappa shape index (κ2) is 10.9. The van der Waals surface area contributed by atoms with Crippen molar-refractivity contribution in [1.82, 2.24) is 15.5 Å². The fourth-order valence-corrected chi connectivity index (χ4v) is 3.25. The Morgan fingerprint density at radius 2 is 2.00 bits per heavy atom. The molecule has 1 aliphatic rings. The topological polar surface area (TPSA) is 117 Å². The van der Waals surface area contributed by atoms with Gasteiger partial charge in [-0.3, -0.25) is 4.79 Å². The molecular formula is C20H33N3O6. The van der Waals surface area contributed by atoms with Crippen LogP contribution in [0.2, 0.25) is 0 Å². The molecule has 1 rings (SSSR count). The van der Waals surface area contributed by atoms with Crippen molar-refractivity contribution in [1.29, 1.82) is 0 Å². The number of hydrogen-bond acceptors (Lipinski definition) is 5. The van der Waals surface area contributed by atoms with Gasteiger partial charge in [-0.05, 0) is 46.5 Å². The maximum atomic E-state index is 12.7. The molecule has 9 heteroatoms. The van der Waals surface area contributed by atoms with E-state index in [0.29, 0.717) is 13.0 Å². The molecule has 1 heterocycles. The van der Waals surface area contributed by atoms with Gasteiger partial charge in [-0.1, -0.05) is 12.8 Å². The molecule has 164 valence electrons. The largest absolute Gasteiger partial charge is 0.465 e. The smallest absolute Gasteiger partial charge is 0.408 e. The first-order valence-corrected chi connectivity index (χ1v) is 9.78. The summed E-state index contributed by atoms with van der Waals surface area (Å²) in [5, 5.41) is 14.6. The summed E-state index contributed by atoms with van der Waals surface area (Å²) >= 11 is 0. The van der Waals surface area contributed by atoms with Crippen LogP contribution in [0.15, 0.2) is 0 Å². The Kier molecular flexibility index (Phi) is 9.24. The van der Waals surface area contributed by atoms with Crippen molar-refractivity contribution >= 4 is 18.1 Å². The number of nitrogens with zero attached hydrogens (tertiary/aromatic N) is 1. The molecule has 0 spiro atoms. The van der Waals surface area contributed by atoms with Crippen LogP contribution in [0.1, 0.15) is 47.5 Å². The Labute approximate surface area is 172 Å². The quantitative estimate of drug-likeness (QED) is 0.525. The van der Waals surface area contributed by atoms with Gasteiger partial charge >= 0.3 is 12.2 Å². The fraction of sp³-hybridized carbons (Fsp3) is 0.750. The summed E-state index contributed by atoms with van der Waals surface area (Å²) in [5.74, 6) is 2.09. The number of nitrogens with one attached hydrogen (secondary N) is 2. The van der Waals surface area contributed by atoms with Crippen molar-refractivity contribution in [3.8, 4) is 12.3 Å². The van der Waals surface area contributed by atoms with E-state index in [4.69, 9.17) is 15.9 Å². The van der Waals surface area contributed by atoms with E-state index >= 15 is 0 Å². The summed E-state index contributed by atoms with van der Waals surface area (Å²) in [6.45, 7) is 9.54. The van der Waals surface area contributed by atoms with Gasteiger partial charge in [0.15, 0.2) is 0 Å². The molecule has 0 radical (unpaired) electrons. The molecule has 1 aliphatic heterocycles. The summed E-state index contributed by atoms with van der Waals surface area (Å²) in [6, 6.07) is -1.16. The van der Waals surface area contributed by atoms with Crippen LogP contribution in [0, 0.1) is 18.3 Å². The van der Waals surface area contributed by atoms with E-state index in [1.54, 1.807) is 27.7 Å². The fourth-order valence-electron chi connectivity index (χ4n) is 3.25. The zero-order valence-corrected chi connectivity index (χ0v) is 17.9. The van der Waals surface area contributed by atoms with Crippen molar-refractivity contribution in [2.75, 3.05) is 19.7 Å². The number of likely N-dealkylation sites (tertiary alicyclic amines) is 1. The minimum atomic E-state index is -1.00. The third-order valence-electron chi connectivity index (χ3n) is 4.72. The zero-order chi connectivity index (χ0) is 22.2. The highest BCUT2D eigenvalue weighted by molar-refractivity contribution is 5.86. The van der Waals surface area contributed by atoms with E-state index in [1.165, 1.54) is 4.90 Å². The van der Waals surface area contributed by atoms with E-state index < -0.39 is 35.8 Å². The van der Waals surface area contributed by atoms with Crippen LogP contribution < -0.4 is 10.6 Å². The van der Waals surface area contributed by atoms with Gasteiger partial charge in [0.2, 0.25) is 5.91 Å². The molecule has 0 bridgehead atoms. The van der Waals surface area contributed by atoms with E-state index in [-0.39, 0.29) is 25.1 Å². The lowest BCUT2D eigenvalue weighted by Gasteiger charge is -2.27. The minimum Gasteiger partial charge on any atom is -0.465 e. The molecule has 4 unspecified atom stereocenters. The number of rotatable bonds is 8. The number of carbonyl (C=O) groups is 3. The number of amides is 3. The molecule has 3 N–H and O–H groups in total. The average molecular weight is 411 g/mol. The second-order valence-corrected chi connectivity index (χ2v) is 8.23. The third kappa shape index (κ3) is 8.20. The Morgan fingerprint density at radius 1 is 1.34 bits per heavy atom. The van der Waals surface area contributed by atoms with E-state index in [1.807, 2.05) is 6.92 Å². The van der Waals surface area contributed by atoms with Gasteiger partial charge in [0.05, 0.1) is 6.10 Å². The highest BCUT2D eigenvalue weighted by Crippen LogP contribution is 2.26. The van der Waals surface area contributed by atoms with Crippen LogP contribution in [0.25, 0.3) is 0 Å². The molecule has 0 aliphatic carbocycles. The number of hydrogen-bond donors (Lipinski definition) is 3. The Morgan fingerprint density at radius 3 is 2.55 bits per heavy atom. The maximum Gasteiger partial charge on any atom is 0.408 e. The second-order valence-electron chi connectivity index (χ2n) is 8.23. The first-order valence-electron chi connectivity index (χ1n) is 9.78. The molecule has 0 saturated carbocycles. The first-order chi connectivity index (χ1) is 13.5. The van der Waals surface area contributed by atoms with Crippen molar-refractivity contribution in [3.63, 3.8) is 0 Å². The van der Waals surface area contributed by atoms with Gasteiger partial charge in [0.25, 0.3) is 0 Å². The zero-order valence-electron chi connectivity index (χ0n) is 17.9. The molecule has 1 fully saturated rings. The molecule has 4 atom stereocenters. The van der Waals surface area contributed by atoms with E-state index in [2.05, 4.69) is 16.6 Å². The highest BCUT2D eigenvalue weighted by Gasteiger charge is 2.34. The predicted octanol–water partition coefficient (Wildman–Crippen LogP) is 1.81. The van der Waals surface area contributed by atoms with Crippen molar-refractivity contribution in [2.45, 2.75) is 71.2 Å². The normalized spacial score (nSPS) is 21.0. The third-order valence-corrected chi connectivity index (χ3v) is 4.72. The minimum absolute atomic E-state index is 0.00585. The lowest BCUT2D eigenvalue weighted by Crippen LogP contribution is -2.54. The highest BCUT2D eigenvalue weighted by atomic mass is 16.6. The first kappa shape index (κ1) is 24.6. The van der Waals surface area contributed by atoms with Gasteiger partial charge in [-0.25, -0.2) is 9.59 Å². The van der Waals surface area contributed by atoms with Crippen LogP contribution in [0.3, 0.4) is 0 Å². The molecule has 29 heavy (non-hydrogen) atoms. The lowest BCUT2D eigenvalue weighted by atomic mass is 10.00. The van der Waals surface area contributed by atoms with Crippen molar-refractivity contribution in [3.05, 3.63) is 0 Å². The molecule has 0 aromatic carbocycles. The lowest BCUT2D eigenvalue weighted by molar-refractivity contribution is -0.126. The molecule has 9 nitrogen and oxygen atoms in total. The summed E-state index contributed by atoms with van der Waals surface area (Å²) in [7, 11) is 0. The van der Waals surface area contributed by atoms with Crippen molar-refractivity contribution < 1.29 is 29.0 Å². The average Bonchev–Trinajstić information content (AvgIpc) is 2.97. The number of carboxylic acid groups (broad SMARTS) is 1. The SMILES string of the molecule is C#CCOC(C)C(NC(=O)OC(C)(C)C)C(=O)NCCC1C(C)CCN1C(=O)O. The van der Waals surface area contributed by atoms with Crippen LogP contribution in [0.4, 0.5) is 9.59 Å². The standard InChI is InChI=1S/C20H33N3O6/c1-7-12-28-14(3)16(22-18(25)29-20(4,5)6)17(24)21-10-8-15-13(2)9-11-23(15)19(26)27/h1,13-16H,8-12H2,2-6H3,(H,21,24)(H,22,25)(H,26,27). The summed E-state index contributed by atoms with van der Waals surface area (Å²) in [6.07, 6.45) is 4.10. The summed E-state index contributed by atoms with van der Waals surface area (Å²) in [4.78, 5) is 37.5. The molecule has 1 saturated heterocycles. The monoisotopic (exact) mass is 411 g/mol. The number of ether oxygens (including phenoxy) is 2. The number of terminal acetylenes is 1. The molecule has 0 aromatic rings. The number of carbonyl (C=O) groups excluding carboxylic acids is 2.